The van der Waals surface area contributed by atoms with E-state index >= 15 is 0 Å². The lowest BCUT2D eigenvalue weighted by atomic mass is 10.0. The van der Waals surface area contributed by atoms with E-state index in [4.69, 9.17) is 9.47 Å². The summed E-state index contributed by atoms with van der Waals surface area (Å²) in [6.45, 7) is 2.55. The topological polar surface area (TPSA) is 93.9 Å². The molecule has 1 fully saturated rings. The van der Waals surface area contributed by atoms with Crippen LogP contribution in [0.5, 0.6) is 17.2 Å². The minimum Gasteiger partial charge on any atom is -0.493 e. The van der Waals surface area contributed by atoms with E-state index < -0.39 is 45.7 Å². The second-order valence-electron chi connectivity index (χ2n) is 9.63. The Morgan fingerprint density at radius 3 is 2.19 bits per heavy atom. The van der Waals surface area contributed by atoms with E-state index in [2.05, 4.69) is 5.32 Å². The molecule has 0 spiro atoms. The minimum atomic E-state index is -4.82. The first-order chi connectivity index (χ1) is 19.7. The number of amides is 1. The summed E-state index contributed by atoms with van der Waals surface area (Å²) >= 11 is 0. The standard InChI is InChI=1S/C28H25F6N3O5/c1-16-5-3-4-12-36(16)21-9-7-18(27(29,30)31)14-20(21)35-26(38)17-6-10-24(25(13-17)41-2)42-23-11-8-19(28(32,33)34)15-22(23)37(39)40/h6-11,13-16H,3-5,12H2,1-2H3,(H,35,38). The van der Waals surface area contributed by atoms with Crippen molar-refractivity contribution in [3.63, 3.8) is 0 Å². The molecule has 0 bridgehead atoms. The predicted molar refractivity (Wildman–Crippen MR) is 141 cm³/mol. The predicted octanol–water partition coefficient (Wildman–Crippen LogP) is 8.06. The van der Waals surface area contributed by atoms with E-state index in [0.29, 0.717) is 24.4 Å². The largest absolute Gasteiger partial charge is 0.493 e. The first-order valence-corrected chi connectivity index (χ1v) is 12.7. The van der Waals surface area contributed by atoms with Crippen LogP contribution >= 0.6 is 0 Å². The van der Waals surface area contributed by atoms with Crippen molar-refractivity contribution in [1.29, 1.82) is 0 Å². The number of hydrogen-bond donors (Lipinski definition) is 1. The number of nitrogens with zero attached hydrogens (tertiary/aromatic N) is 2. The number of nitro groups is 1. The molecule has 14 heteroatoms. The second-order valence-corrected chi connectivity index (χ2v) is 9.63. The van der Waals surface area contributed by atoms with Crippen molar-refractivity contribution in [2.24, 2.45) is 0 Å². The van der Waals surface area contributed by atoms with Crippen LogP contribution in [0.1, 0.15) is 47.7 Å². The van der Waals surface area contributed by atoms with Gasteiger partial charge in [0.2, 0.25) is 5.75 Å². The molecule has 1 aliphatic heterocycles. The van der Waals surface area contributed by atoms with Gasteiger partial charge in [0.1, 0.15) is 0 Å². The van der Waals surface area contributed by atoms with Crippen LogP contribution in [-0.4, -0.2) is 30.5 Å². The monoisotopic (exact) mass is 597 g/mol. The quantitative estimate of drug-likeness (QED) is 0.168. The third-order valence-electron chi connectivity index (χ3n) is 6.81. The molecule has 1 N–H and O–H groups in total. The van der Waals surface area contributed by atoms with E-state index in [1.54, 1.807) is 0 Å². The summed E-state index contributed by atoms with van der Waals surface area (Å²) in [6.07, 6.45) is -6.81. The maximum Gasteiger partial charge on any atom is 0.416 e. The van der Waals surface area contributed by atoms with Gasteiger partial charge in [0, 0.05) is 24.2 Å². The van der Waals surface area contributed by atoms with Gasteiger partial charge in [0.05, 0.1) is 34.5 Å². The van der Waals surface area contributed by atoms with Crippen LogP contribution in [0.15, 0.2) is 54.6 Å². The van der Waals surface area contributed by atoms with E-state index in [1.165, 1.54) is 31.4 Å². The Balaban J connectivity index is 1.64. The molecule has 1 saturated heterocycles. The number of nitro benzene ring substituents is 1. The number of rotatable bonds is 7. The van der Waals surface area contributed by atoms with E-state index in [-0.39, 0.29) is 28.8 Å². The normalized spacial score (nSPS) is 15.7. The number of hydrogen-bond acceptors (Lipinski definition) is 6. The average Bonchev–Trinajstić information content (AvgIpc) is 2.92. The Morgan fingerprint density at radius 1 is 0.929 bits per heavy atom. The number of benzene rings is 3. The highest BCUT2D eigenvalue weighted by Crippen LogP contribution is 2.41. The lowest BCUT2D eigenvalue weighted by Crippen LogP contribution is -2.38. The Kier molecular flexibility index (Phi) is 8.55. The number of halogens is 6. The van der Waals surface area contributed by atoms with Crippen LogP contribution in [0.2, 0.25) is 0 Å². The number of nitrogens with one attached hydrogen (secondary N) is 1. The number of alkyl halides is 6. The number of carbonyl (C=O) groups excluding carboxylic acids is 1. The molecular formula is C28H25F6N3O5. The molecule has 4 rings (SSSR count). The number of carbonyl (C=O) groups is 1. The molecule has 0 aliphatic carbocycles. The number of methoxy groups -OCH3 is 1. The Hall–Kier alpha value is -4.49. The third-order valence-corrected chi connectivity index (χ3v) is 6.81. The van der Waals surface area contributed by atoms with Gasteiger partial charge in [0.15, 0.2) is 11.5 Å². The van der Waals surface area contributed by atoms with Crippen LogP contribution in [0.4, 0.5) is 43.4 Å². The maximum atomic E-state index is 13.5. The van der Waals surface area contributed by atoms with Crippen molar-refractivity contribution < 1.29 is 45.5 Å². The summed E-state index contributed by atoms with van der Waals surface area (Å²) in [5.74, 6) is -1.54. The van der Waals surface area contributed by atoms with Gasteiger partial charge >= 0.3 is 18.0 Å². The number of ether oxygens (including phenoxy) is 2. The fourth-order valence-corrected chi connectivity index (χ4v) is 4.65. The van der Waals surface area contributed by atoms with Crippen molar-refractivity contribution in [3.05, 3.63) is 81.4 Å². The zero-order valence-corrected chi connectivity index (χ0v) is 22.3. The van der Waals surface area contributed by atoms with E-state index in [9.17, 15) is 41.3 Å². The second kappa shape index (κ2) is 11.8. The number of anilines is 2. The summed E-state index contributed by atoms with van der Waals surface area (Å²) in [5, 5.41) is 14.0. The molecule has 42 heavy (non-hydrogen) atoms. The highest BCUT2D eigenvalue weighted by Gasteiger charge is 2.34. The van der Waals surface area contributed by atoms with Crippen molar-refractivity contribution in [2.75, 3.05) is 23.9 Å². The van der Waals surface area contributed by atoms with E-state index in [0.717, 1.165) is 37.5 Å². The highest BCUT2D eigenvalue weighted by molar-refractivity contribution is 6.06. The van der Waals surface area contributed by atoms with Crippen LogP contribution in [0, 0.1) is 10.1 Å². The van der Waals surface area contributed by atoms with Crippen LogP contribution in [-0.2, 0) is 12.4 Å². The SMILES string of the molecule is COc1cc(C(=O)Nc2cc(C(F)(F)F)ccc2N2CCCCC2C)ccc1Oc1ccc(C(F)(F)F)cc1[N+](=O)[O-]. The smallest absolute Gasteiger partial charge is 0.416 e. The van der Waals surface area contributed by atoms with Crippen LogP contribution < -0.4 is 19.7 Å². The Bertz CT molecular complexity index is 1490. The molecule has 0 saturated carbocycles. The summed E-state index contributed by atoms with van der Waals surface area (Å²) in [5.41, 5.74) is -2.78. The first kappa shape index (κ1) is 30.5. The van der Waals surface area contributed by atoms with Gasteiger partial charge in [-0.3, -0.25) is 14.9 Å². The van der Waals surface area contributed by atoms with Crippen molar-refractivity contribution >= 4 is 23.0 Å². The summed E-state index contributed by atoms with van der Waals surface area (Å²) in [7, 11) is 1.20. The zero-order chi connectivity index (χ0) is 30.8. The van der Waals surface area contributed by atoms with Crippen LogP contribution in [0.25, 0.3) is 0 Å². The summed E-state index contributed by atoms with van der Waals surface area (Å²) < 4.78 is 90.3. The molecular weight excluding hydrogens is 572 g/mol. The summed E-state index contributed by atoms with van der Waals surface area (Å²) in [4.78, 5) is 25.5. The number of piperidine rings is 1. The van der Waals surface area contributed by atoms with Gasteiger partial charge in [-0.2, -0.15) is 26.3 Å². The van der Waals surface area contributed by atoms with Gasteiger partial charge in [-0.1, -0.05) is 0 Å². The molecule has 1 amide bonds. The van der Waals surface area contributed by atoms with Gasteiger partial charge in [-0.15, -0.1) is 0 Å². The molecule has 1 unspecified atom stereocenters. The average molecular weight is 598 g/mol. The lowest BCUT2D eigenvalue weighted by Gasteiger charge is -2.36. The molecule has 224 valence electrons. The molecule has 8 nitrogen and oxygen atoms in total. The van der Waals surface area contributed by atoms with Crippen molar-refractivity contribution in [3.8, 4) is 17.2 Å². The van der Waals surface area contributed by atoms with Gasteiger partial charge in [-0.05, 0) is 74.7 Å². The molecule has 3 aromatic carbocycles. The van der Waals surface area contributed by atoms with Gasteiger partial charge in [-0.25, -0.2) is 0 Å². The third kappa shape index (κ3) is 6.69. The first-order valence-electron chi connectivity index (χ1n) is 12.7. The minimum absolute atomic E-state index is 0.0387. The maximum absolute atomic E-state index is 13.5. The zero-order valence-electron chi connectivity index (χ0n) is 22.3. The van der Waals surface area contributed by atoms with Crippen LogP contribution in [0.3, 0.4) is 0 Å². The van der Waals surface area contributed by atoms with Gasteiger partial charge in [0.25, 0.3) is 5.91 Å². The fraction of sp³-hybridized carbons (Fsp3) is 0.321. The Morgan fingerprint density at radius 2 is 1.57 bits per heavy atom. The summed E-state index contributed by atoms with van der Waals surface area (Å²) in [6, 6.07) is 8.57. The lowest BCUT2D eigenvalue weighted by molar-refractivity contribution is -0.385. The van der Waals surface area contributed by atoms with Crippen molar-refractivity contribution in [2.45, 2.75) is 44.6 Å². The van der Waals surface area contributed by atoms with Gasteiger partial charge < -0.3 is 19.7 Å². The molecule has 1 heterocycles. The molecule has 1 aliphatic rings. The van der Waals surface area contributed by atoms with E-state index in [1.807, 2.05) is 11.8 Å². The Labute approximate surface area is 236 Å². The fourth-order valence-electron chi connectivity index (χ4n) is 4.65. The molecule has 0 aromatic heterocycles. The molecule has 0 radical (unpaired) electrons. The van der Waals surface area contributed by atoms with Crippen molar-refractivity contribution in [1.82, 2.24) is 0 Å². The molecule has 1 atom stereocenters. The highest BCUT2D eigenvalue weighted by atomic mass is 19.4. The molecule has 3 aromatic rings.